The Morgan fingerprint density at radius 3 is 2.75 bits per heavy atom. The minimum Gasteiger partial charge on any atom is -0.302 e. The standard InChI is InChI=1S/C16H26N2OS/c1-10(2)8-14(19)18-15-17-12-9-11(16(3,4)5)6-7-13(12)20-15/h10-11H,6-9H2,1-5H3,(H,17,18,19)/t11-/m1/s1. The molecule has 20 heavy (non-hydrogen) atoms. The molecule has 0 unspecified atom stereocenters. The van der Waals surface area contributed by atoms with Crippen LogP contribution in [0.3, 0.4) is 0 Å². The average Bonchev–Trinajstić information content (AvgIpc) is 2.66. The summed E-state index contributed by atoms with van der Waals surface area (Å²) in [5.41, 5.74) is 1.54. The molecule has 0 aromatic carbocycles. The Morgan fingerprint density at radius 1 is 1.45 bits per heavy atom. The van der Waals surface area contributed by atoms with Crippen molar-refractivity contribution in [2.24, 2.45) is 17.3 Å². The van der Waals surface area contributed by atoms with Crippen molar-refractivity contribution in [3.8, 4) is 0 Å². The highest BCUT2D eigenvalue weighted by Gasteiger charge is 2.30. The van der Waals surface area contributed by atoms with Crippen LogP contribution in [0.25, 0.3) is 0 Å². The number of fused-ring (bicyclic) bond motifs is 1. The number of thiazole rings is 1. The van der Waals surface area contributed by atoms with Crippen LogP contribution in [0.5, 0.6) is 0 Å². The molecule has 1 N–H and O–H groups in total. The summed E-state index contributed by atoms with van der Waals surface area (Å²) >= 11 is 1.66. The number of anilines is 1. The van der Waals surface area contributed by atoms with Gasteiger partial charge in [0, 0.05) is 11.3 Å². The first-order valence-electron chi connectivity index (χ1n) is 7.54. The third-order valence-electron chi connectivity index (χ3n) is 4.00. The van der Waals surface area contributed by atoms with Crippen LogP contribution in [0.4, 0.5) is 5.13 Å². The Kier molecular flexibility index (Phi) is 4.52. The highest BCUT2D eigenvalue weighted by Crippen LogP contribution is 2.39. The van der Waals surface area contributed by atoms with Crippen molar-refractivity contribution in [2.75, 3.05) is 5.32 Å². The van der Waals surface area contributed by atoms with Gasteiger partial charge >= 0.3 is 0 Å². The number of aromatic nitrogens is 1. The number of nitrogens with zero attached hydrogens (tertiary/aromatic N) is 1. The van der Waals surface area contributed by atoms with E-state index in [-0.39, 0.29) is 5.91 Å². The van der Waals surface area contributed by atoms with E-state index in [1.807, 2.05) is 0 Å². The van der Waals surface area contributed by atoms with Gasteiger partial charge in [0.1, 0.15) is 0 Å². The van der Waals surface area contributed by atoms with E-state index in [1.165, 1.54) is 17.0 Å². The molecule has 1 atom stereocenters. The lowest BCUT2D eigenvalue weighted by Crippen LogP contribution is -2.26. The van der Waals surface area contributed by atoms with Crippen LogP contribution in [0, 0.1) is 17.3 Å². The molecule has 0 radical (unpaired) electrons. The van der Waals surface area contributed by atoms with E-state index < -0.39 is 0 Å². The van der Waals surface area contributed by atoms with Crippen molar-refractivity contribution in [3.05, 3.63) is 10.6 Å². The van der Waals surface area contributed by atoms with Gasteiger partial charge in [0.25, 0.3) is 0 Å². The number of hydrogen-bond donors (Lipinski definition) is 1. The van der Waals surface area contributed by atoms with Gasteiger partial charge in [-0.1, -0.05) is 34.6 Å². The van der Waals surface area contributed by atoms with E-state index in [9.17, 15) is 4.79 Å². The van der Waals surface area contributed by atoms with Crippen LogP contribution in [0.15, 0.2) is 0 Å². The zero-order valence-electron chi connectivity index (χ0n) is 13.2. The fourth-order valence-corrected chi connectivity index (χ4v) is 3.73. The summed E-state index contributed by atoms with van der Waals surface area (Å²) in [5.74, 6) is 1.16. The predicted octanol–water partition coefficient (Wildman–Crippen LogP) is 4.28. The van der Waals surface area contributed by atoms with E-state index in [4.69, 9.17) is 0 Å². The number of carbonyl (C=O) groups excluding carboxylic acids is 1. The summed E-state index contributed by atoms with van der Waals surface area (Å²) in [7, 11) is 0. The van der Waals surface area contributed by atoms with Gasteiger partial charge < -0.3 is 5.32 Å². The van der Waals surface area contributed by atoms with E-state index in [0.29, 0.717) is 23.7 Å². The van der Waals surface area contributed by atoms with Crippen LogP contribution in [-0.4, -0.2) is 10.9 Å². The number of nitrogens with one attached hydrogen (secondary N) is 1. The number of aryl methyl sites for hydroxylation is 1. The van der Waals surface area contributed by atoms with Crippen LogP contribution < -0.4 is 5.32 Å². The molecule has 3 nitrogen and oxygen atoms in total. The van der Waals surface area contributed by atoms with Crippen LogP contribution in [-0.2, 0) is 17.6 Å². The van der Waals surface area contributed by atoms with Crippen molar-refractivity contribution in [1.82, 2.24) is 4.98 Å². The molecule has 0 bridgehead atoms. The van der Waals surface area contributed by atoms with Crippen LogP contribution >= 0.6 is 11.3 Å². The summed E-state index contributed by atoms with van der Waals surface area (Å²) in [4.78, 5) is 17.8. The lowest BCUT2D eigenvalue weighted by Gasteiger charge is -2.33. The molecule has 0 spiro atoms. The van der Waals surface area contributed by atoms with Crippen molar-refractivity contribution in [2.45, 2.75) is 60.3 Å². The molecule has 0 saturated heterocycles. The molecular formula is C16H26N2OS. The zero-order chi connectivity index (χ0) is 14.9. The third-order valence-corrected chi connectivity index (χ3v) is 5.08. The summed E-state index contributed by atoms with van der Waals surface area (Å²) < 4.78 is 0. The molecule has 1 amide bonds. The van der Waals surface area contributed by atoms with E-state index in [0.717, 1.165) is 18.0 Å². The van der Waals surface area contributed by atoms with Gasteiger partial charge in [0.05, 0.1) is 5.69 Å². The lowest BCUT2D eigenvalue weighted by atomic mass is 9.73. The molecule has 112 valence electrons. The second-order valence-electron chi connectivity index (χ2n) is 7.34. The summed E-state index contributed by atoms with van der Waals surface area (Å²) in [6.45, 7) is 11.0. The fraction of sp³-hybridized carbons (Fsp3) is 0.750. The molecule has 0 aliphatic heterocycles. The molecule has 1 aliphatic rings. The van der Waals surface area contributed by atoms with Gasteiger partial charge in [0.15, 0.2) is 5.13 Å². The molecule has 0 fully saturated rings. The number of amides is 1. The smallest absolute Gasteiger partial charge is 0.226 e. The van der Waals surface area contributed by atoms with Gasteiger partial charge in [-0.25, -0.2) is 4.98 Å². The third kappa shape index (κ3) is 3.81. The first kappa shape index (κ1) is 15.5. The second kappa shape index (κ2) is 5.84. The summed E-state index contributed by atoms with van der Waals surface area (Å²) in [5, 5.41) is 3.74. The van der Waals surface area contributed by atoms with Crippen LogP contribution in [0.2, 0.25) is 0 Å². The number of hydrogen-bond acceptors (Lipinski definition) is 3. The van der Waals surface area contributed by atoms with Crippen molar-refractivity contribution in [3.63, 3.8) is 0 Å². The minimum atomic E-state index is 0.0819. The minimum absolute atomic E-state index is 0.0819. The quantitative estimate of drug-likeness (QED) is 0.904. The molecule has 0 saturated carbocycles. The topological polar surface area (TPSA) is 42.0 Å². The first-order chi connectivity index (χ1) is 9.25. The molecule has 1 aliphatic carbocycles. The van der Waals surface area contributed by atoms with Gasteiger partial charge in [-0.2, -0.15) is 0 Å². The zero-order valence-corrected chi connectivity index (χ0v) is 14.1. The Hall–Kier alpha value is -0.900. The SMILES string of the molecule is CC(C)CC(=O)Nc1nc2c(s1)CC[C@@H](C(C)(C)C)C2. The highest BCUT2D eigenvalue weighted by atomic mass is 32.1. The number of rotatable bonds is 3. The van der Waals surface area contributed by atoms with Gasteiger partial charge in [-0.05, 0) is 36.5 Å². The normalized spacial score (nSPS) is 19.0. The maximum absolute atomic E-state index is 11.8. The monoisotopic (exact) mass is 294 g/mol. The predicted molar refractivity (Wildman–Crippen MR) is 85.2 cm³/mol. The molecule has 1 heterocycles. The second-order valence-corrected chi connectivity index (χ2v) is 8.42. The van der Waals surface area contributed by atoms with Crippen molar-refractivity contribution < 1.29 is 4.79 Å². The maximum atomic E-state index is 11.8. The Bertz CT molecular complexity index is 485. The van der Waals surface area contributed by atoms with E-state index in [1.54, 1.807) is 11.3 Å². The molecule has 4 heteroatoms. The summed E-state index contributed by atoms with van der Waals surface area (Å²) in [6, 6.07) is 0. The molecule has 1 aromatic rings. The van der Waals surface area contributed by atoms with Gasteiger partial charge in [-0.15, -0.1) is 11.3 Å². The fourth-order valence-electron chi connectivity index (χ4n) is 2.71. The molecule has 1 aromatic heterocycles. The Morgan fingerprint density at radius 2 is 2.15 bits per heavy atom. The molecular weight excluding hydrogens is 268 g/mol. The van der Waals surface area contributed by atoms with E-state index >= 15 is 0 Å². The number of carbonyl (C=O) groups is 1. The largest absolute Gasteiger partial charge is 0.302 e. The Labute approximate surface area is 126 Å². The maximum Gasteiger partial charge on any atom is 0.226 e. The molecule has 2 rings (SSSR count). The van der Waals surface area contributed by atoms with Crippen LogP contribution in [0.1, 0.15) is 58.0 Å². The van der Waals surface area contributed by atoms with Gasteiger partial charge in [-0.3, -0.25) is 4.79 Å². The lowest BCUT2D eigenvalue weighted by molar-refractivity contribution is -0.116. The summed E-state index contributed by atoms with van der Waals surface area (Å²) in [6.07, 6.45) is 3.96. The Balaban J connectivity index is 2.04. The highest BCUT2D eigenvalue weighted by molar-refractivity contribution is 7.15. The van der Waals surface area contributed by atoms with E-state index in [2.05, 4.69) is 44.9 Å². The van der Waals surface area contributed by atoms with Gasteiger partial charge in [0.2, 0.25) is 5.91 Å². The average molecular weight is 294 g/mol. The van der Waals surface area contributed by atoms with Crippen molar-refractivity contribution in [1.29, 1.82) is 0 Å². The van der Waals surface area contributed by atoms with Crippen molar-refractivity contribution >= 4 is 22.4 Å². The first-order valence-corrected chi connectivity index (χ1v) is 8.35.